The van der Waals surface area contributed by atoms with Crippen LogP contribution in [0, 0.1) is 0 Å². The maximum atomic E-state index is 4.84. The van der Waals surface area contributed by atoms with Crippen LogP contribution in [0.4, 0.5) is 0 Å². The van der Waals surface area contributed by atoms with Gasteiger partial charge in [-0.15, -0.1) is 0 Å². The molecule has 0 unspecified atom stereocenters. The lowest BCUT2D eigenvalue weighted by Crippen LogP contribution is -1.83. The SMILES string of the molecule is CCc1nsc(OC)n1. The highest BCUT2D eigenvalue weighted by Crippen LogP contribution is 2.12. The highest BCUT2D eigenvalue weighted by Gasteiger charge is 1.98. The molecule has 0 aromatic carbocycles. The van der Waals surface area contributed by atoms with Gasteiger partial charge in [-0.25, -0.2) is 0 Å². The van der Waals surface area contributed by atoms with Crippen molar-refractivity contribution in [1.29, 1.82) is 0 Å². The Morgan fingerprint density at radius 3 is 2.78 bits per heavy atom. The van der Waals surface area contributed by atoms with Gasteiger partial charge in [0, 0.05) is 18.0 Å². The van der Waals surface area contributed by atoms with Crippen molar-refractivity contribution in [2.75, 3.05) is 7.11 Å². The van der Waals surface area contributed by atoms with E-state index in [1.165, 1.54) is 11.5 Å². The molecule has 0 saturated carbocycles. The Labute approximate surface area is 57.9 Å². The molecule has 0 saturated heterocycles. The van der Waals surface area contributed by atoms with E-state index in [1.807, 2.05) is 6.92 Å². The number of aryl methyl sites for hydroxylation is 1. The van der Waals surface area contributed by atoms with Crippen LogP contribution in [0.1, 0.15) is 12.7 Å². The molecule has 1 heterocycles. The third-order valence-electron chi connectivity index (χ3n) is 0.940. The summed E-state index contributed by atoms with van der Waals surface area (Å²) in [6.07, 6.45) is 0.875. The summed E-state index contributed by atoms with van der Waals surface area (Å²) in [6.45, 7) is 2.02. The van der Waals surface area contributed by atoms with Gasteiger partial charge in [0.05, 0.1) is 7.11 Å². The lowest BCUT2D eigenvalue weighted by atomic mass is 10.5. The third-order valence-corrected chi connectivity index (χ3v) is 1.66. The maximum absolute atomic E-state index is 4.84. The predicted molar refractivity (Wildman–Crippen MR) is 35.8 cm³/mol. The normalized spacial score (nSPS) is 9.56. The summed E-state index contributed by atoms with van der Waals surface area (Å²) in [5.41, 5.74) is 0. The minimum absolute atomic E-state index is 0.645. The summed E-state index contributed by atoms with van der Waals surface area (Å²) >= 11 is 1.29. The first kappa shape index (κ1) is 6.48. The van der Waals surface area contributed by atoms with E-state index in [1.54, 1.807) is 7.11 Å². The second-order valence-corrected chi connectivity index (χ2v) is 2.25. The van der Waals surface area contributed by atoms with Gasteiger partial charge >= 0.3 is 0 Å². The average molecular weight is 144 g/mol. The molecule has 1 rings (SSSR count). The smallest absolute Gasteiger partial charge is 0.292 e. The van der Waals surface area contributed by atoms with Crippen LogP contribution >= 0.6 is 11.5 Å². The van der Waals surface area contributed by atoms with Crippen molar-refractivity contribution in [3.8, 4) is 5.19 Å². The minimum Gasteiger partial charge on any atom is -0.472 e. The molecule has 9 heavy (non-hydrogen) atoms. The first-order valence-electron chi connectivity index (χ1n) is 2.73. The molecule has 1 aromatic heterocycles. The number of nitrogens with zero attached hydrogens (tertiary/aromatic N) is 2. The van der Waals surface area contributed by atoms with Gasteiger partial charge < -0.3 is 4.74 Å². The summed E-state index contributed by atoms with van der Waals surface area (Å²) in [7, 11) is 1.60. The summed E-state index contributed by atoms with van der Waals surface area (Å²) < 4.78 is 8.85. The van der Waals surface area contributed by atoms with Crippen molar-refractivity contribution in [3.63, 3.8) is 0 Å². The van der Waals surface area contributed by atoms with Gasteiger partial charge in [0.15, 0.2) is 0 Å². The number of methoxy groups -OCH3 is 1. The van der Waals surface area contributed by atoms with Crippen LogP contribution in [0.25, 0.3) is 0 Å². The number of aromatic nitrogens is 2. The van der Waals surface area contributed by atoms with Crippen LogP contribution in [-0.2, 0) is 6.42 Å². The van der Waals surface area contributed by atoms with Crippen LogP contribution in [0.2, 0.25) is 0 Å². The van der Waals surface area contributed by atoms with Crippen LogP contribution in [0.15, 0.2) is 0 Å². The molecule has 0 amide bonds. The summed E-state index contributed by atoms with van der Waals surface area (Å²) in [6, 6.07) is 0. The molecule has 4 heteroatoms. The Kier molecular flexibility index (Phi) is 2.00. The summed E-state index contributed by atoms with van der Waals surface area (Å²) in [5, 5.41) is 0.645. The summed E-state index contributed by atoms with van der Waals surface area (Å²) in [5.74, 6) is 0.858. The van der Waals surface area contributed by atoms with Gasteiger partial charge in [-0.05, 0) is 0 Å². The number of ether oxygens (including phenoxy) is 1. The standard InChI is InChI=1S/C5H8N2OS/c1-3-4-6-5(8-2)9-7-4/h3H2,1-2H3. The Morgan fingerprint density at radius 1 is 1.67 bits per heavy atom. The minimum atomic E-state index is 0.645. The number of hydrogen-bond acceptors (Lipinski definition) is 4. The molecular weight excluding hydrogens is 136 g/mol. The molecular formula is C5H8N2OS. The largest absolute Gasteiger partial charge is 0.472 e. The molecule has 0 radical (unpaired) electrons. The average Bonchev–Trinajstić information content (AvgIpc) is 2.34. The van der Waals surface area contributed by atoms with E-state index in [2.05, 4.69) is 9.36 Å². The Balaban J connectivity index is 2.74. The van der Waals surface area contributed by atoms with Gasteiger partial charge in [0.25, 0.3) is 5.19 Å². The van der Waals surface area contributed by atoms with Crippen molar-refractivity contribution in [1.82, 2.24) is 9.36 Å². The van der Waals surface area contributed by atoms with Crippen molar-refractivity contribution >= 4 is 11.5 Å². The van der Waals surface area contributed by atoms with Gasteiger partial charge in [0.2, 0.25) is 0 Å². The van der Waals surface area contributed by atoms with Gasteiger partial charge in [-0.2, -0.15) is 9.36 Å². The zero-order valence-corrected chi connectivity index (χ0v) is 6.23. The molecule has 1 aromatic rings. The molecule has 3 nitrogen and oxygen atoms in total. The monoisotopic (exact) mass is 144 g/mol. The van der Waals surface area contributed by atoms with Gasteiger partial charge in [-0.3, -0.25) is 0 Å². The van der Waals surface area contributed by atoms with Crippen LogP contribution in [-0.4, -0.2) is 16.5 Å². The molecule has 0 bridgehead atoms. The van der Waals surface area contributed by atoms with Crippen LogP contribution < -0.4 is 4.74 Å². The maximum Gasteiger partial charge on any atom is 0.292 e. The second-order valence-electron chi connectivity index (χ2n) is 1.53. The van der Waals surface area contributed by atoms with Crippen LogP contribution in [0.3, 0.4) is 0 Å². The van der Waals surface area contributed by atoms with E-state index >= 15 is 0 Å². The molecule has 0 atom stereocenters. The van der Waals surface area contributed by atoms with E-state index in [0.29, 0.717) is 5.19 Å². The Hall–Kier alpha value is -0.640. The fourth-order valence-electron chi connectivity index (χ4n) is 0.464. The van der Waals surface area contributed by atoms with Gasteiger partial charge in [0.1, 0.15) is 5.82 Å². The predicted octanol–water partition coefficient (Wildman–Crippen LogP) is 1.11. The molecule has 0 fully saturated rings. The summed E-state index contributed by atoms with van der Waals surface area (Å²) in [4.78, 5) is 4.03. The van der Waals surface area contributed by atoms with Crippen molar-refractivity contribution < 1.29 is 4.74 Å². The number of hydrogen-bond donors (Lipinski definition) is 0. The van der Waals surface area contributed by atoms with Gasteiger partial charge in [-0.1, -0.05) is 6.92 Å². The van der Waals surface area contributed by atoms with Crippen molar-refractivity contribution in [2.45, 2.75) is 13.3 Å². The fraction of sp³-hybridized carbons (Fsp3) is 0.600. The van der Waals surface area contributed by atoms with E-state index in [9.17, 15) is 0 Å². The second kappa shape index (κ2) is 2.77. The lowest BCUT2D eigenvalue weighted by molar-refractivity contribution is 0.411. The first-order valence-corrected chi connectivity index (χ1v) is 3.50. The number of rotatable bonds is 2. The zero-order valence-electron chi connectivity index (χ0n) is 5.42. The topological polar surface area (TPSA) is 35.0 Å². The fourth-order valence-corrected chi connectivity index (χ4v) is 1.04. The Morgan fingerprint density at radius 2 is 2.44 bits per heavy atom. The molecule has 50 valence electrons. The lowest BCUT2D eigenvalue weighted by Gasteiger charge is -1.84. The third kappa shape index (κ3) is 1.38. The molecule has 0 aliphatic rings. The first-order chi connectivity index (χ1) is 4.36. The van der Waals surface area contributed by atoms with E-state index < -0.39 is 0 Å². The van der Waals surface area contributed by atoms with Crippen LogP contribution in [0.5, 0.6) is 5.19 Å². The highest BCUT2D eigenvalue weighted by molar-refractivity contribution is 7.07. The zero-order chi connectivity index (χ0) is 6.69. The highest BCUT2D eigenvalue weighted by atomic mass is 32.1. The quantitative estimate of drug-likeness (QED) is 0.623. The molecule has 0 spiro atoms. The van der Waals surface area contributed by atoms with Crippen molar-refractivity contribution in [2.24, 2.45) is 0 Å². The molecule has 0 aliphatic carbocycles. The van der Waals surface area contributed by atoms with E-state index in [0.717, 1.165) is 12.2 Å². The van der Waals surface area contributed by atoms with E-state index in [-0.39, 0.29) is 0 Å². The van der Waals surface area contributed by atoms with Crippen molar-refractivity contribution in [3.05, 3.63) is 5.82 Å². The molecule has 0 N–H and O–H groups in total. The van der Waals surface area contributed by atoms with E-state index in [4.69, 9.17) is 4.74 Å². The molecule has 0 aliphatic heterocycles. The Bertz CT molecular complexity index is 168.